The zero-order valence-electron chi connectivity index (χ0n) is 17.2. The lowest BCUT2D eigenvalue weighted by Gasteiger charge is -2.30. The quantitative estimate of drug-likeness (QED) is 0.503. The molecule has 0 unspecified atom stereocenters. The Balaban J connectivity index is 1.33. The number of unbranched alkanes of at least 4 members (excludes halogenated alkanes) is 2. The number of rotatable bonds is 8. The molecule has 0 spiro atoms. The molecule has 1 fully saturated rings. The highest BCUT2D eigenvalue weighted by molar-refractivity contribution is 5.82. The van der Waals surface area contributed by atoms with Crippen molar-refractivity contribution in [3.63, 3.8) is 0 Å². The molecule has 4 rings (SSSR count). The van der Waals surface area contributed by atoms with Gasteiger partial charge in [0.05, 0.1) is 6.33 Å². The number of H-pyrrole nitrogens is 1. The van der Waals surface area contributed by atoms with Crippen LogP contribution in [-0.2, 0) is 6.42 Å². The van der Waals surface area contributed by atoms with E-state index >= 15 is 0 Å². The summed E-state index contributed by atoms with van der Waals surface area (Å²) >= 11 is 0. The van der Waals surface area contributed by atoms with Crippen molar-refractivity contribution in [2.75, 3.05) is 19.6 Å². The third kappa shape index (κ3) is 5.45. The van der Waals surface area contributed by atoms with Crippen LogP contribution >= 0.6 is 0 Å². The van der Waals surface area contributed by atoms with Crippen molar-refractivity contribution in [1.82, 2.24) is 14.9 Å². The minimum absolute atomic E-state index is 1.12. The number of aromatic nitrogens is 2. The topological polar surface area (TPSA) is 31.9 Å². The van der Waals surface area contributed by atoms with Gasteiger partial charge in [-0.05, 0) is 55.3 Å². The largest absolute Gasteiger partial charge is 0.348 e. The van der Waals surface area contributed by atoms with Crippen molar-refractivity contribution in [2.45, 2.75) is 38.5 Å². The number of aromatic amines is 1. The summed E-state index contributed by atoms with van der Waals surface area (Å²) in [6.45, 7) is 3.58. The zero-order valence-corrected chi connectivity index (χ0v) is 17.2. The third-order valence-corrected chi connectivity index (χ3v) is 5.91. The first-order valence-corrected chi connectivity index (χ1v) is 10.9. The third-order valence-electron chi connectivity index (χ3n) is 5.91. The first-order valence-electron chi connectivity index (χ1n) is 10.9. The Morgan fingerprint density at radius 2 is 1.48 bits per heavy atom. The van der Waals surface area contributed by atoms with Crippen LogP contribution in [0.15, 0.2) is 78.8 Å². The lowest BCUT2D eigenvalue weighted by atomic mass is 9.88. The van der Waals surface area contributed by atoms with Gasteiger partial charge in [0, 0.05) is 25.0 Å². The van der Waals surface area contributed by atoms with E-state index in [1.807, 2.05) is 6.20 Å². The molecule has 0 atom stereocenters. The summed E-state index contributed by atoms with van der Waals surface area (Å²) < 4.78 is 0. The van der Waals surface area contributed by atoms with Gasteiger partial charge in [-0.1, -0.05) is 72.7 Å². The fraction of sp³-hybridized carbons (Fsp3) is 0.346. The Kier molecular flexibility index (Phi) is 6.93. The molecule has 1 aliphatic rings. The number of hydrogen-bond donors (Lipinski definition) is 1. The van der Waals surface area contributed by atoms with E-state index in [0.29, 0.717) is 0 Å². The van der Waals surface area contributed by atoms with Gasteiger partial charge in [0.25, 0.3) is 0 Å². The van der Waals surface area contributed by atoms with Crippen LogP contribution < -0.4 is 0 Å². The standard InChI is InChI=1S/C26H31N3/c1-4-10-22(11-5-1)26(23-12-6-2-7-13-23)24-15-18-29(19-16-24)17-9-3-8-14-25-20-27-21-28-25/h1-2,4-7,10-13,20-21H,3,8-9,14-19H2,(H,27,28). The maximum absolute atomic E-state index is 4.09. The van der Waals surface area contributed by atoms with Crippen molar-refractivity contribution in [3.8, 4) is 0 Å². The Hall–Kier alpha value is -2.65. The Morgan fingerprint density at radius 1 is 0.828 bits per heavy atom. The Morgan fingerprint density at radius 3 is 2.07 bits per heavy atom. The van der Waals surface area contributed by atoms with Crippen LogP contribution in [-0.4, -0.2) is 34.5 Å². The van der Waals surface area contributed by atoms with E-state index in [9.17, 15) is 0 Å². The van der Waals surface area contributed by atoms with Crippen LogP contribution in [0.2, 0.25) is 0 Å². The second kappa shape index (κ2) is 10.2. The molecule has 1 aromatic heterocycles. The number of nitrogens with zero attached hydrogens (tertiary/aromatic N) is 2. The highest BCUT2D eigenvalue weighted by Gasteiger charge is 2.18. The van der Waals surface area contributed by atoms with Gasteiger partial charge in [-0.3, -0.25) is 0 Å². The predicted molar refractivity (Wildman–Crippen MR) is 121 cm³/mol. The van der Waals surface area contributed by atoms with E-state index < -0.39 is 0 Å². The molecular weight excluding hydrogens is 354 g/mol. The summed E-state index contributed by atoms with van der Waals surface area (Å²) in [6.07, 6.45) is 11.0. The molecule has 0 aliphatic carbocycles. The van der Waals surface area contributed by atoms with Crippen molar-refractivity contribution in [2.24, 2.45) is 0 Å². The number of piperidine rings is 1. The van der Waals surface area contributed by atoms with E-state index in [1.54, 1.807) is 11.9 Å². The average molecular weight is 386 g/mol. The molecule has 0 radical (unpaired) electrons. The molecular formula is C26H31N3. The maximum atomic E-state index is 4.09. The zero-order chi connectivity index (χ0) is 19.7. The van der Waals surface area contributed by atoms with Crippen LogP contribution in [0.5, 0.6) is 0 Å². The van der Waals surface area contributed by atoms with Gasteiger partial charge in [-0.2, -0.15) is 0 Å². The molecule has 150 valence electrons. The predicted octanol–water partition coefficient (Wildman–Crippen LogP) is 5.72. The molecule has 2 aromatic carbocycles. The summed E-state index contributed by atoms with van der Waals surface area (Å²) in [6, 6.07) is 21.8. The lowest BCUT2D eigenvalue weighted by Crippen LogP contribution is -2.32. The molecule has 29 heavy (non-hydrogen) atoms. The minimum Gasteiger partial charge on any atom is -0.348 e. The van der Waals surface area contributed by atoms with Gasteiger partial charge in [-0.15, -0.1) is 0 Å². The SMILES string of the molecule is c1ccc(C(=C2CCN(CCCCCc3cnc[nH]3)CC2)c2ccccc2)cc1. The minimum atomic E-state index is 1.12. The molecule has 0 amide bonds. The Labute approximate surface area is 174 Å². The van der Waals surface area contributed by atoms with Crippen molar-refractivity contribution < 1.29 is 0 Å². The number of likely N-dealkylation sites (tertiary alicyclic amines) is 1. The first kappa shape index (κ1) is 19.7. The molecule has 2 heterocycles. The van der Waals surface area contributed by atoms with Gasteiger partial charge in [0.1, 0.15) is 0 Å². The number of nitrogens with one attached hydrogen (secondary N) is 1. The Bertz CT molecular complexity index is 831. The van der Waals surface area contributed by atoms with E-state index in [2.05, 4.69) is 75.5 Å². The van der Waals surface area contributed by atoms with Crippen LogP contribution in [0.25, 0.3) is 5.57 Å². The van der Waals surface area contributed by atoms with Crippen LogP contribution in [0.3, 0.4) is 0 Å². The van der Waals surface area contributed by atoms with Gasteiger partial charge in [0.2, 0.25) is 0 Å². The number of imidazole rings is 1. The lowest BCUT2D eigenvalue weighted by molar-refractivity contribution is 0.251. The van der Waals surface area contributed by atoms with E-state index in [0.717, 1.165) is 6.42 Å². The van der Waals surface area contributed by atoms with Crippen LogP contribution in [0, 0.1) is 0 Å². The fourth-order valence-electron chi connectivity index (χ4n) is 4.33. The van der Waals surface area contributed by atoms with Crippen molar-refractivity contribution in [1.29, 1.82) is 0 Å². The number of hydrogen-bond acceptors (Lipinski definition) is 2. The second-order valence-electron chi connectivity index (χ2n) is 7.94. The first-order chi connectivity index (χ1) is 14.4. The van der Waals surface area contributed by atoms with Crippen molar-refractivity contribution >= 4 is 5.57 Å². The summed E-state index contributed by atoms with van der Waals surface area (Å²) in [7, 11) is 0. The van der Waals surface area contributed by atoms with Crippen molar-refractivity contribution in [3.05, 3.63) is 95.6 Å². The highest BCUT2D eigenvalue weighted by atomic mass is 15.1. The number of aryl methyl sites for hydroxylation is 1. The van der Waals surface area contributed by atoms with Gasteiger partial charge in [0.15, 0.2) is 0 Å². The molecule has 1 saturated heterocycles. The molecule has 0 saturated carbocycles. The second-order valence-corrected chi connectivity index (χ2v) is 7.94. The summed E-state index contributed by atoms with van der Waals surface area (Å²) in [5, 5.41) is 0. The van der Waals surface area contributed by atoms with Gasteiger partial charge in [-0.25, -0.2) is 4.98 Å². The summed E-state index contributed by atoms with van der Waals surface area (Å²) in [5.74, 6) is 0. The smallest absolute Gasteiger partial charge is 0.0921 e. The maximum Gasteiger partial charge on any atom is 0.0921 e. The molecule has 3 nitrogen and oxygen atoms in total. The molecule has 0 bridgehead atoms. The molecule has 3 heteroatoms. The summed E-state index contributed by atoms with van der Waals surface area (Å²) in [4.78, 5) is 9.93. The normalized spacial score (nSPS) is 14.8. The van der Waals surface area contributed by atoms with Crippen LogP contribution in [0.1, 0.15) is 48.9 Å². The van der Waals surface area contributed by atoms with E-state index in [-0.39, 0.29) is 0 Å². The van der Waals surface area contributed by atoms with Gasteiger partial charge >= 0.3 is 0 Å². The fourth-order valence-corrected chi connectivity index (χ4v) is 4.33. The monoisotopic (exact) mass is 385 g/mol. The molecule has 1 N–H and O–H groups in total. The van der Waals surface area contributed by atoms with Gasteiger partial charge < -0.3 is 9.88 Å². The highest BCUT2D eigenvalue weighted by Crippen LogP contribution is 2.32. The molecule has 3 aromatic rings. The number of benzene rings is 2. The molecule has 1 aliphatic heterocycles. The van der Waals surface area contributed by atoms with E-state index in [4.69, 9.17) is 0 Å². The van der Waals surface area contributed by atoms with Crippen LogP contribution in [0.4, 0.5) is 0 Å². The summed E-state index contributed by atoms with van der Waals surface area (Å²) in [5.41, 5.74) is 7.01. The average Bonchev–Trinajstić information content (AvgIpc) is 3.30. The van der Waals surface area contributed by atoms with E-state index in [1.165, 1.54) is 74.1 Å².